The molecule has 1 saturated carbocycles. The summed E-state index contributed by atoms with van der Waals surface area (Å²) >= 11 is 1.53. The highest BCUT2D eigenvalue weighted by molar-refractivity contribution is 8.01. The first kappa shape index (κ1) is 10.8. The van der Waals surface area contributed by atoms with Gasteiger partial charge in [0.15, 0.2) is 0 Å². The summed E-state index contributed by atoms with van der Waals surface area (Å²) in [5, 5.41) is 2.66. The van der Waals surface area contributed by atoms with Crippen LogP contribution in [0.1, 0.15) is 19.3 Å². The number of hydrogen-bond donors (Lipinski definition) is 1. The first-order valence-electron chi connectivity index (χ1n) is 5.85. The minimum Gasteiger partial charge on any atom is -0.324 e. The van der Waals surface area contributed by atoms with Crippen molar-refractivity contribution in [2.45, 2.75) is 29.4 Å². The quantitative estimate of drug-likeness (QED) is 0.829. The zero-order valence-corrected chi connectivity index (χ0v) is 10.1. The van der Waals surface area contributed by atoms with Crippen molar-refractivity contribution >= 4 is 29.1 Å². The molecular formula is C13H13NO2S. The summed E-state index contributed by atoms with van der Waals surface area (Å²) in [6.45, 7) is 0. The average Bonchev–Trinajstić information content (AvgIpc) is 2.74. The molecule has 0 spiro atoms. The molecule has 3 nitrogen and oxygen atoms in total. The molecule has 88 valence electrons. The molecule has 1 aliphatic carbocycles. The molecule has 1 aromatic carbocycles. The van der Waals surface area contributed by atoms with E-state index in [-0.39, 0.29) is 22.9 Å². The van der Waals surface area contributed by atoms with Crippen LogP contribution in [-0.2, 0) is 9.59 Å². The van der Waals surface area contributed by atoms with Gasteiger partial charge in [0.25, 0.3) is 0 Å². The van der Waals surface area contributed by atoms with Gasteiger partial charge in [-0.25, -0.2) is 0 Å². The Bertz CT molecular complexity index is 486. The Morgan fingerprint density at radius 3 is 2.82 bits per heavy atom. The number of Topliss-reactive ketones (excluding diaryl/α,β-unsaturated/α-hetero) is 1. The number of rotatable bonds is 1. The Hall–Kier alpha value is -1.29. The van der Waals surface area contributed by atoms with Gasteiger partial charge in [0.05, 0.1) is 10.9 Å². The maximum absolute atomic E-state index is 12.0. The minimum atomic E-state index is -0.236. The molecule has 1 heterocycles. The zero-order chi connectivity index (χ0) is 11.8. The van der Waals surface area contributed by atoms with Gasteiger partial charge in [-0.3, -0.25) is 9.59 Å². The van der Waals surface area contributed by atoms with Crippen LogP contribution in [-0.4, -0.2) is 16.9 Å². The highest BCUT2D eigenvalue weighted by atomic mass is 32.2. The highest BCUT2D eigenvalue weighted by Crippen LogP contribution is 2.41. The molecule has 17 heavy (non-hydrogen) atoms. The lowest BCUT2D eigenvalue weighted by Crippen LogP contribution is -2.36. The van der Waals surface area contributed by atoms with Gasteiger partial charge in [-0.05, 0) is 25.0 Å². The van der Waals surface area contributed by atoms with E-state index in [1.807, 2.05) is 24.3 Å². The monoisotopic (exact) mass is 247 g/mol. The fourth-order valence-corrected chi connectivity index (χ4v) is 3.79. The van der Waals surface area contributed by atoms with Crippen molar-refractivity contribution in [3.05, 3.63) is 24.3 Å². The van der Waals surface area contributed by atoms with Crippen LogP contribution >= 0.6 is 11.8 Å². The maximum Gasteiger partial charge on any atom is 0.238 e. The largest absolute Gasteiger partial charge is 0.324 e. The van der Waals surface area contributed by atoms with Crippen LogP contribution in [0.15, 0.2) is 29.2 Å². The van der Waals surface area contributed by atoms with E-state index in [1.54, 1.807) is 0 Å². The van der Waals surface area contributed by atoms with E-state index in [2.05, 4.69) is 5.32 Å². The molecule has 0 aromatic heterocycles. The Morgan fingerprint density at radius 1 is 1.24 bits per heavy atom. The van der Waals surface area contributed by atoms with E-state index >= 15 is 0 Å². The van der Waals surface area contributed by atoms with Gasteiger partial charge in [0, 0.05) is 17.2 Å². The van der Waals surface area contributed by atoms with Crippen molar-refractivity contribution < 1.29 is 9.59 Å². The molecule has 3 rings (SSSR count). The summed E-state index contributed by atoms with van der Waals surface area (Å²) in [6, 6.07) is 7.75. The number of carbonyl (C=O) groups excluding carboxylic acids is 2. The smallest absolute Gasteiger partial charge is 0.238 e. The third kappa shape index (κ3) is 1.86. The molecule has 0 bridgehead atoms. The van der Waals surface area contributed by atoms with Gasteiger partial charge in [-0.2, -0.15) is 0 Å². The van der Waals surface area contributed by atoms with Crippen molar-refractivity contribution in [2.24, 2.45) is 5.92 Å². The number of nitrogens with one attached hydrogen (secondary N) is 1. The Labute approximate surface area is 104 Å². The normalized spacial score (nSPS) is 27.8. The number of benzene rings is 1. The maximum atomic E-state index is 12.0. The molecule has 2 aliphatic rings. The van der Waals surface area contributed by atoms with E-state index in [1.165, 1.54) is 11.8 Å². The Balaban J connectivity index is 1.89. The van der Waals surface area contributed by atoms with E-state index in [9.17, 15) is 9.59 Å². The molecular weight excluding hydrogens is 234 g/mol. The molecule has 1 amide bonds. The number of para-hydroxylation sites is 1. The lowest BCUT2D eigenvalue weighted by Gasteiger charge is -2.27. The first-order chi connectivity index (χ1) is 8.25. The van der Waals surface area contributed by atoms with E-state index in [0.29, 0.717) is 6.42 Å². The number of fused-ring (bicyclic) bond motifs is 1. The summed E-state index contributed by atoms with van der Waals surface area (Å²) in [4.78, 5) is 24.8. The number of carbonyl (C=O) groups is 2. The van der Waals surface area contributed by atoms with Crippen LogP contribution in [0.3, 0.4) is 0 Å². The number of anilines is 1. The first-order valence-corrected chi connectivity index (χ1v) is 6.73. The molecule has 1 aliphatic heterocycles. The van der Waals surface area contributed by atoms with Crippen molar-refractivity contribution in [3.63, 3.8) is 0 Å². The number of hydrogen-bond acceptors (Lipinski definition) is 3. The summed E-state index contributed by atoms with van der Waals surface area (Å²) in [5.74, 6) is 0.138. The van der Waals surface area contributed by atoms with Gasteiger partial charge < -0.3 is 5.32 Å². The molecule has 2 atom stereocenters. The predicted molar refractivity (Wildman–Crippen MR) is 67.1 cm³/mol. The lowest BCUT2D eigenvalue weighted by molar-refractivity contribution is -0.124. The van der Waals surface area contributed by atoms with Crippen LogP contribution in [0.4, 0.5) is 5.69 Å². The number of ketones is 1. The Morgan fingerprint density at radius 2 is 2.06 bits per heavy atom. The van der Waals surface area contributed by atoms with Crippen molar-refractivity contribution in [2.75, 3.05) is 5.32 Å². The highest BCUT2D eigenvalue weighted by Gasteiger charge is 2.39. The van der Waals surface area contributed by atoms with Gasteiger partial charge in [0.1, 0.15) is 5.78 Å². The van der Waals surface area contributed by atoms with Crippen LogP contribution < -0.4 is 5.32 Å². The SMILES string of the molecule is O=C1CCC[C@H]1[C@@H]1Sc2ccccc2NC1=O. The fraction of sp³-hybridized carbons (Fsp3) is 0.385. The van der Waals surface area contributed by atoms with E-state index in [0.717, 1.165) is 23.4 Å². The summed E-state index contributed by atoms with van der Waals surface area (Å²) in [6.07, 6.45) is 2.41. The van der Waals surface area contributed by atoms with Crippen LogP contribution in [0.2, 0.25) is 0 Å². The van der Waals surface area contributed by atoms with Crippen LogP contribution in [0, 0.1) is 5.92 Å². The topological polar surface area (TPSA) is 46.2 Å². The summed E-state index contributed by atoms with van der Waals surface area (Å²) < 4.78 is 0. The summed E-state index contributed by atoms with van der Waals surface area (Å²) in [5.41, 5.74) is 0.865. The third-order valence-electron chi connectivity index (χ3n) is 3.37. The Kier molecular flexibility index (Phi) is 2.67. The molecule has 4 heteroatoms. The van der Waals surface area contributed by atoms with Crippen molar-refractivity contribution in [1.29, 1.82) is 0 Å². The standard InChI is InChI=1S/C13H13NO2S/c15-10-6-3-4-8(10)12-13(16)14-9-5-1-2-7-11(9)17-12/h1-2,5,7-8,12H,3-4,6H2,(H,14,16)/t8-,12+/m1/s1. The number of thioether (sulfide) groups is 1. The average molecular weight is 247 g/mol. The molecule has 1 aromatic rings. The van der Waals surface area contributed by atoms with Crippen LogP contribution in [0.25, 0.3) is 0 Å². The summed E-state index contributed by atoms with van der Waals surface area (Å²) in [7, 11) is 0. The van der Waals surface area contributed by atoms with Gasteiger partial charge in [-0.1, -0.05) is 12.1 Å². The molecule has 1 N–H and O–H groups in total. The predicted octanol–water partition coefficient (Wildman–Crippen LogP) is 2.47. The second-order valence-electron chi connectivity index (χ2n) is 4.49. The number of amides is 1. The lowest BCUT2D eigenvalue weighted by atomic mass is 10.0. The second-order valence-corrected chi connectivity index (χ2v) is 5.67. The van der Waals surface area contributed by atoms with E-state index in [4.69, 9.17) is 0 Å². The molecule has 0 radical (unpaired) electrons. The van der Waals surface area contributed by atoms with Gasteiger partial charge >= 0.3 is 0 Å². The van der Waals surface area contributed by atoms with Crippen molar-refractivity contribution in [3.8, 4) is 0 Å². The van der Waals surface area contributed by atoms with Crippen LogP contribution in [0.5, 0.6) is 0 Å². The van der Waals surface area contributed by atoms with E-state index < -0.39 is 0 Å². The minimum absolute atomic E-state index is 0.0195. The third-order valence-corrected chi connectivity index (χ3v) is 4.78. The molecule has 1 fully saturated rings. The second kappa shape index (κ2) is 4.18. The molecule has 0 unspecified atom stereocenters. The fourth-order valence-electron chi connectivity index (χ4n) is 2.49. The zero-order valence-electron chi connectivity index (χ0n) is 9.31. The van der Waals surface area contributed by atoms with Gasteiger partial charge in [0.2, 0.25) is 5.91 Å². The van der Waals surface area contributed by atoms with Gasteiger partial charge in [-0.15, -0.1) is 11.8 Å². The molecule has 0 saturated heterocycles. The van der Waals surface area contributed by atoms with Crippen molar-refractivity contribution in [1.82, 2.24) is 0 Å².